The average Bonchev–Trinajstić information content (AvgIpc) is 3.11. The number of carbonyl (C=O) groups is 2. The first-order valence-electron chi connectivity index (χ1n) is 7.22. The number of amides is 2. The van der Waals surface area contributed by atoms with Crippen LogP contribution in [-0.2, 0) is 4.79 Å². The summed E-state index contributed by atoms with van der Waals surface area (Å²) >= 11 is 5.86. The van der Waals surface area contributed by atoms with Crippen LogP contribution in [0.1, 0.15) is 36.0 Å². The van der Waals surface area contributed by atoms with Crippen molar-refractivity contribution < 1.29 is 9.59 Å². The number of anilines is 1. The number of halogens is 1. The van der Waals surface area contributed by atoms with Crippen LogP contribution in [0.25, 0.3) is 0 Å². The van der Waals surface area contributed by atoms with Crippen molar-refractivity contribution in [2.45, 2.75) is 37.8 Å². The molecule has 2 aliphatic rings. The Hall–Kier alpha value is -1.75. The summed E-state index contributed by atoms with van der Waals surface area (Å²) in [4.78, 5) is 26.5. The van der Waals surface area contributed by atoms with Crippen LogP contribution in [0.5, 0.6) is 0 Å². The molecule has 2 amide bonds. The number of nitrogens with zero attached hydrogens (tertiary/aromatic N) is 1. The SMILES string of the molecule is Nc1cc(Cl)ccc1C(=O)N1CCCC1C(=O)NC1CC1. The summed E-state index contributed by atoms with van der Waals surface area (Å²) in [6, 6.07) is 4.74. The molecule has 1 aromatic carbocycles. The minimum absolute atomic E-state index is 0.0455. The van der Waals surface area contributed by atoms with Crippen LogP contribution in [0.15, 0.2) is 18.2 Å². The van der Waals surface area contributed by atoms with Gasteiger partial charge in [0.15, 0.2) is 0 Å². The molecule has 0 spiro atoms. The molecule has 3 rings (SSSR count). The van der Waals surface area contributed by atoms with Crippen LogP contribution in [0.3, 0.4) is 0 Å². The van der Waals surface area contributed by atoms with Gasteiger partial charge in [-0.05, 0) is 43.9 Å². The Morgan fingerprint density at radius 1 is 1.29 bits per heavy atom. The van der Waals surface area contributed by atoms with E-state index in [4.69, 9.17) is 17.3 Å². The van der Waals surface area contributed by atoms with Gasteiger partial charge in [-0.1, -0.05) is 11.6 Å². The monoisotopic (exact) mass is 307 g/mol. The van der Waals surface area contributed by atoms with E-state index in [2.05, 4.69) is 5.32 Å². The molecule has 1 heterocycles. The first-order valence-corrected chi connectivity index (χ1v) is 7.60. The third-order valence-electron chi connectivity index (χ3n) is 3.98. The van der Waals surface area contributed by atoms with Crippen molar-refractivity contribution >= 4 is 29.1 Å². The van der Waals surface area contributed by atoms with Gasteiger partial charge in [0.2, 0.25) is 5.91 Å². The van der Waals surface area contributed by atoms with Gasteiger partial charge in [0.25, 0.3) is 5.91 Å². The van der Waals surface area contributed by atoms with E-state index in [-0.39, 0.29) is 17.9 Å². The molecule has 21 heavy (non-hydrogen) atoms. The Labute approximate surface area is 128 Å². The summed E-state index contributed by atoms with van der Waals surface area (Å²) in [5.41, 5.74) is 6.63. The van der Waals surface area contributed by atoms with Crippen molar-refractivity contribution in [2.75, 3.05) is 12.3 Å². The maximum absolute atomic E-state index is 12.6. The Morgan fingerprint density at radius 2 is 2.05 bits per heavy atom. The van der Waals surface area contributed by atoms with Crippen LogP contribution >= 0.6 is 11.6 Å². The van der Waals surface area contributed by atoms with Crippen LogP contribution in [-0.4, -0.2) is 35.3 Å². The van der Waals surface area contributed by atoms with Crippen molar-refractivity contribution in [1.29, 1.82) is 0 Å². The Balaban J connectivity index is 1.77. The van der Waals surface area contributed by atoms with Crippen molar-refractivity contribution in [3.8, 4) is 0 Å². The zero-order valence-electron chi connectivity index (χ0n) is 11.6. The fraction of sp³-hybridized carbons (Fsp3) is 0.467. The van der Waals surface area contributed by atoms with Crippen molar-refractivity contribution in [2.24, 2.45) is 0 Å². The number of carbonyl (C=O) groups excluding carboxylic acids is 2. The second kappa shape index (κ2) is 5.56. The highest BCUT2D eigenvalue weighted by Crippen LogP contribution is 2.26. The van der Waals surface area contributed by atoms with Crippen LogP contribution in [0.4, 0.5) is 5.69 Å². The molecule has 5 nitrogen and oxygen atoms in total. The Bertz CT molecular complexity index is 586. The zero-order valence-corrected chi connectivity index (χ0v) is 12.4. The number of nitrogens with one attached hydrogen (secondary N) is 1. The van der Waals surface area contributed by atoms with Crippen molar-refractivity contribution in [1.82, 2.24) is 10.2 Å². The number of likely N-dealkylation sites (tertiary alicyclic amines) is 1. The maximum atomic E-state index is 12.6. The van der Waals surface area contributed by atoms with E-state index in [1.807, 2.05) is 0 Å². The lowest BCUT2D eigenvalue weighted by atomic mass is 10.1. The van der Waals surface area contributed by atoms with Crippen LogP contribution in [0.2, 0.25) is 5.02 Å². The third-order valence-corrected chi connectivity index (χ3v) is 4.22. The van der Waals surface area contributed by atoms with E-state index in [1.54, 1.807) is 23.1 Å². The molecular weight excluding hydrogens is 290 g/mol. The normalized spacial score (nSPS) is 21.4. The molecule has 1 unspecified atom stereocenters. The van der Waals surface area contributed by atoms with Crippen molar-refractivity contribution in [3.63, 3.8) is 0 Å². The average molecular weight is 308 g/mol. The highest BCUT2D eigenvalue weighted by molar-refractivity contribution is 6.31. The standard InChI is InChI=1S/C15H18ClN3O2/c16-9-3-6-11(12(17)8-9)15(21)19-7-1-2-13(19)14(20)18-10-4-5-10/h3,6,8,10,13H,1-2,4-5,7,17H2,(H,18,20). The summed E-state index contributed by atoms with van der Waals surface area (Å²) in [5.74, 6) is -0.242. The van der Waals surface area contributed by atoms with Gasteiger partial charge in [-0.25, -0.2) is 0 Å². The van der Waals surface area contributed by atoms with Crippen LogP contribution < -0.4 is 11.1 Å². The molecule has 0 radical (unpaired) electrons. The van der Waals surface area contributed by atoms with Gasteiger partial charge >= 0.3 is 0 Å². The second-order valence-corrected chi connectivity index (χ2v) is 6.11. The number of hydrogen-bond donors (Lipinski definition) is 2. The van der Waals surface area contributed by atoms with E-state index in [1.165, 1.54) is 0 Å². The van der Waals surface area contributed by atoms with Gasteiger partial charge in [-0.2, -0.15) is 0 Å². The lowest BCUT2D eigenvalue weighted by Crippen LogP contribution is -2.46. The Morgan fingerprint density at radius 3 is 2.71 bits per heavy atom. The molecule has 112 valence electrons. The van der Waals surface area contributed by atoms with E-state index in [9.17, 15) is 9.59 Å². The molecule has 1 aliphatic carbocycles. The Kier molecular flexibility index (Phi) is 3.76. The first kappa shape index (κ1) is 14.2. The molecule has 1 aromatic rings. The lowest BCUT2D eigenvalue weighted by Gasteiger charge is -2.24. The molecular formula is C15H18ClN3O2. The van der Waals surface area contributed by atoms with Gasteiger partial charge in [-0.15, -0.1) is 0 Å². The summed E-state index contributed by atoms with van der Waals surface area (Å²) < 4.78 is 0. The molecule has 1 aliphatic heterocycles. The van der Waals surface area contributed by atoms with Gasteiger partial charge < -0.3 is 16.0 Å². The minimum atomic E-state index is -0.381. The second-order valence-electron chi connectivity index (χ2n) is 5.67. The summed E-state index contributed by atoms with van der Waals surface area (Å²) in [5, 5.41) is 3.46. The first-order chi connectivity index (χ1) is 10.1. The van der Waals surface area contributed by atoms with Crippen molar-refractivity contribution in [3.05, 3.63) is 28.8 Å². The summed E-state index contributed by atoms with van der Waals surface area (Å²) in [6.07, 6.45) is 3.62. The number of hydrogen-bond acceptors (Lipinski definition) is 3. The molecule has 6 heteroatoms. The summed E-state index contributed by atoms with van der Waals surface area (Å²) in [6.45, 7) is 0.587. The summed E-state index contributed by atoms with van der Waals surface area (Å²) in [7, 11) is 0. The maximum Gasteiger partial charge on any atom is 0.256 e. The molecule has 0 bridgehead atoms. The van der Waals surface area contributed by atoms with E-state index >= 15 is 0 Å². The molecule has 2 fully saturated rings. The van der Waals surface area contributed by atoms with E-state index < -0.39 is 0 Å². The van der Waals surface area contributed by atoms with Gasteiger partial charge in [0, 0.05) is 23.3 Å². The van der Waals surface area contributed by atoms with E-state index in [0.717, 1.165) is 19.3 Å². The fourth-order valence-corrected chi connectivity index (χ4v) is 2.87. The predicted octanol–water partition coefficient (Wildman–Crippen LogP) is 1.81. The van der Waals surface area contributed by atoms with Gasteiger partial charge in [0.05, 0.1) is 5.56 Å². The predicted molar refractivity (Wildman–Crippen MR) is 81.1 cm³/mol. The quantitative estimate of drug-likeness (QED) is 0.836. The smallest absolute Gasteiger partial charge is 0.256 e. The number of nitrogens with two attached hydrogens (primary N) is 1. The molecule has 0 aromatic heterocycles. The molecule has 1 saturated carbocycles. The molecule has 3 N–H and O–H groups in total. The van der Waals surface area contributed by atoms with Gasteiger partial charge in [-0.3, -0.25) is 9.59 Å². The highest BCUT2D eigenvalue weighted by Gasteiger charge is 2.37. The molecule has 1 atom stereocenters. The third kappa shape index (κ3) is 2.97. The highest BCUT2D eigenvalue weighted by atomic mass is 35.5. The lowest BCUT2D eigenvalue weighted by molar-refractivity contribution is -0.125. The minimum Gasteiger partial charge on any atom is -0.398 e. The van der Waals surface area contributed by atoms with E-state index in [0.29, 0.717) is 35.3 Å². The van der Waals surface area contributed by atoms with Crippen LogP contribution in [0, 0.1) is 0 Å². The largest absolute Gasteiger partial charge is 0.398 e. The number of nitrogen functional groups attached to an aromatic ring is 1. The number of benzene rings is 1. The molecule has 1 saturated heterocycles. The van der Waals surface area contributed by atoms with Gasteiger partial charge in [0.1, 0.15) is 6.04 Å². The topological polar surface area (TPSA) is 75.4 Å². The number of rotatable bonds is 3. The zero-order chi connectivity index (χ0) is 15.0. The fourth-order valence-electron chi connectivity index (χ4n) is 2.69.